The smallest absolute Gasteiger partial charge is 0.189 e. The van der Waals surface area contributed by atoms with Crippen molar-refractivity contribution in [2.24, 2.45) is 0 Å². The predicted molar refractivity (Wildman–Crippen MR) is 48.3 cm³/mol. The number of hydrogen-bond donors (Lipinski definition) is 0. The summed E-state index contributed by atoms with van der Waals surface area (Å²) in [6.07, 6.45) is 0. The van der Waals surface area contributed by atoms with Crippen LogP contribution in [0.15, 0.2) is 24.3 Å². The van der Waals surface area contributed by atoms with Crippen LogP contribution in [0.2, 0.25) is 0 Å². The molecule has 0 saturated carbocycles. The zero-order valence-corrected chi connectivity index (χ0v) is 7.49. The van der Waals surface area contributed by atoms with Crippen molar-refractivity contribution < 1.29 is 9.47 Å². The van der Waals surface area contributed by atoms with E-state index in [-0.39, 0.29) is 6.79 Å². The predicted octanol–water partition coefficient (Wildman–Crippen LogP) is 1.93. The summed E-state index contributed by atoms with van der Waals surface area (Å²) >= 11 is 0. The van der Waals surface area contributed by atoms with Crippen molar-refractivity contribution in [3.05, 3.63) is 29.8 Å². The van der Waals surface area contributed by atoms with E-state index < -0.39 is 0 Å². The second kappa shape index (κ2) is 5.18. The van der Waals surface area contributed by atoms with Gasteiger partial charge in [-0.05, 0) is 19.1 Å². The molecule has 0 aromatic heterocycles. The summed E-state index contributed by atoms with van der Waals surface area (Å²) in [5, 5.41) is 8.70. The van der Waals surface area contributed by atoms with Crippen LogP contribution in [0.1, 0.15) is 12.5 Å². The van der Waals surface area contributed by atoms with Crippen LogP contribution in [-0.4, -0.2) is 13.4 Å². The van der Waals surface area contributed by atoms with Gasteiger partial charge in [-0.25, -0.2) is 0 Å². The van der Waals surface area contributed by atoms with Gasteiger partial charge >= 0.3 is 0 Å². The van der Waals surface area contributed by atoms with Gasteiger partial charge in [0.05, 0.1) is 5.56 Å². The van der Waals surface area contributed by atoms with Crippen LogP contribution in [0, 0.1) is 11.3 Å². The van der Waals surface area contributed by atoms with Gasteiger partial charge in [-0.1, -0.05) is 12.1 Å². The molecule has 13 heavy (non-hydrogen) atoms. The van der Waals surface area contributed by atoms with Crippen molar-refractivity contribution in [3.63, 3.8) is 0 Å². The number of benzene rings is 1. The largest absolute Gasteiger partial charge is 0.466 e. The minimum Gasteiger partial charge on any atom is -0.466 e. The Morgan fingerprint density at radius 2 is 2.15 bits per heavy atom. The summed E-state index contributed by atoms with van der Waals surface area (Å²) in [5.41, 5.74) is 0.530. The van der Waals surface area contributed by atoms with Crippen molar-refractivity contribution in [1.29, 1.82) is 5.26 Å². The maximum Gasteiger partial charge on any atom is 0.189 e. The Hall–Kier alpha value is -1.53. The van der Waals surface area contributed by atoms with Gasteiger partial charge in [-0.3, -0.25) is 0 Å². The lowest BCUT2D eigenvalue weighted by Crippen LogP contribution is -2.02. The van der Waals surface area contributed by atoms with E-state index >= 15 is 0 Å². The molecule has 0 aliphatic carbocycles. The summed E-state index contributed by atoms with van der Waals surface area (Å²) in [4.78, 5) is 0. The third-order valence-electron chi connectivity index (χ3n) is 1.51. The molecule has 68 valence electrons. The Bertz CT molecular complexity index is 304. The molecule has 0 aliphatic rings. The number of para-hydroxylation sites is 1. The minimum absolute atomic E-state index is 0.190. The van der Waals surface area contributed by atoms with E-state index in [1.165, 1.54) is 0 Å². The Balaban J connectivity index is 2.60. The fourth-order valence-electron chi connectivity index (χ4n) is 0.873. The number of nitrogens with zero attached hydrogens (tertiary/aromatic N) is 1. The summed E-state index contributed by atoms with van der Waals surface area (Å²) in [7, 11) is 0. The fraction of sp³-hybridized carbons (Fsp3) is 0.300. The monoisotopic (exact) mass is 177 g/mol. The van der Waals surface area contributed by atoms with E-state index in [1.807, 2.05) is 19.1 Å². The molecule has 3 heteroatoms. The number of ether oxygens (including phenoxy) is 2. The van der Waals surface area contributed by atoms with Gasteiger partial charge in [-0.15, -0.1) is 0 Å². The summed E-state index contributed by atoms with van der Waals surface area (Å²) in [6.45, 7) is 2.68. The van der Waals surface area contributed by atoms with Crippen LogP contribution in [-0.2, 0) is 4.74 Å². The molecule has 3 nitrogen and oxygen atoms in total. The maximum atomic E-state index is 8.70. The van der Waals surface area contributed by atoms with Gasteiger partial charge in [0, 0.05) is 6.61 Å². The van der Waals surface area contributed by atoms with E-state index in [0.29, 0.717) is 17.9 Å². The number of nitriles is 1. The Labute approximate surface area is 77.5 Å². The summed E-state index contributed by atoms with van der Waals surface area (Å²) in [5.74, 6) is 0.568. The highest BCUT2D eigenvalue weighted by Crippen LogP contribution is 2.16. The first-order valence-electron chi connectivity index (χ1n) is 4.08. The molecule has 0 atom stereocenters. The zero-order chi connectivity index (χ0) is 9.52. The van der Waals surface area contributed by atoms with Gasteiger partial charge in [0.1, 0.15) is 11.8 Å². The van der Waals surface area contributed by atoms with E-state index in [9.17, 15) is 0 Å². The minimum atomic E-state index is 0.190. The first kappa shape index (κ1) is 9.56. The third-order valence-corrected chi connectivity index (χ3v) is 1.51. The topological polar surface area (TPSA) is 42.2 Å². The normalized spacial score (nSPS) is 9.23. The zero-order valence-electron chi connectivity index (χ0n) is 7.49. The Morgan fingerprint density at radius 3 is 2.85 bits per heavy atom. The molecule has 0 radical (unpaired) electrons. The van der Waals surface area contributed by atoms with Gasteiger partial charge in [0.25, 0.3) is 0 Å². The first-order chi connectivity index (χ1) is 6.38. The van der Waals surface area contributed by atoms with E-state index in [2.05, 4.69) is 0 Å². The molecular weight excluding hydrogens is 166 g/mol. The molecule has 0 fully saturated rings. The lowest BCUT2D eigenvalue weighted by Gasteiger charge is -2.06. The number of hydrogen-bond acceptors (Lipinski definition) is 3. The average Bonchev–Trinajstić information content (AvgIpc) is 2.19. The van der Waals surface area contributed by atoms with Crippen molar-refractivity contribution in [2.75, 3.05) is 13.4 Å². The van der Waals surface area contributed by atoms with Gasteiger partial charge < -0.3 is 9.47 Å². The van der Waals surface area contributed by atoms with Gasteiger partial charge in [0.15, 0.2) is 6.79 Å². The van der Waals surface area contributed by atoms with Crippen LogP contribution >= 0.6 is 0 Å². The van der Waals surface area contributed by atoms with Crippen LogP contribution in [0.25, 0.3) is 0 Å². The first-order valence-corrected chi connectivity index (χ1v) is 4.08. The van der Waals surface area contributed by atoms with E-state index in [4.69, 9.17) is 14.7 Å². The quantitative estimate of drug-likeness (QED) is 0.521. The highest BCUT2D eigenvalue weighted by Gasteiger charge is 1.99. The maximum absolute atomic E-state index is 8.70. The molecule has 0 spiro atoms. The standard InChI is InChI=1S/C10H11NO2/c1-2-12-8-13-10-6-4-3-5-9(10)7-11/h3-6H,2,8H2,1H3. The van der Waals surface area contributed by atoms with Crippen molar-refractivity contribution in [1.82, 2.24) is 0 Å². The highest BCUT2D eigenvalue weighted by atomic mass is 16.7. The molecule has 0 bridgehead atoms. The molecule has 0 unspecified atom stereocenters. The average molecular weight is 177 g/mol. The van der Waals surface area contributed by atoms with Crippen molar-refractivity contribution in [2.45, 2.75) is 6.92 Å². The summed E-state index contributed by atoms with van der Waals surface area (Å²) < 4.78 is 10.2. The second-order valence-corrected chi connectivity index (χ2v) is 2.36. The highest BCUT2D eigenvalue weighted by molar-refractivity contribution is 5.42. The molecule has 0 heterocycles. The molecule has 1 aromatic carbocycles. The molecule has 1 aromatic rings. The van der Waals surface area contributed by atoms with Crippen LogP contribution in [0.4, 0.5) is 0 Å². The van der Waals surface area contributed by atoms with Crippen LogP contribution in [0.3, 0.4) is 0 Å². The molecule has 0 N–H and O–H groups in total. The number of rotatable bonds is 4. The van der Waals surface area contributed by atoms with Crippen molar-refractivity contribution >= 4 is 0 Å². The lowest BCUT2D eigenvalue weighted by atomic mass is 10.2. The van der Waals surface area contributed by atoms with E-state index in [0.717, 1.165) is 0 Å². The van der Waals surface area contributed by atoms with Crippen molar-refractivity contribution in [3.8, 4) is 11.8 Å². The molecule has 0 aliphatic heterocycles. The molecule has 0 amide bonds. The second-order valence-electron chi connectivity index (χ2n) is 2.36. The van der Waals surface area contributed by atoms with Gasteiger partial charge in [0.2, 0.25) is 0 Å². The molecule has 1 rings (SSSR count). The molecular formula is C10H11NO2. The fourth-order valence-corrected chi connectivity index (χ4v) is 0.873. The van der Waals surface area contributed by atoms with Crippen LogP contribution < -0.4 is 4.74 Å². The van der Waals surface area contributed by atoms with E-state index in [1.54, 1.807) is 18.2 Å². The molecule has 0 saturated heterocycles. The third kappa shape index (κ3) is 2.77. The van der Waals surface area contributed by atoms with Gasteiger partial charge in [-0.2, -0.15) is 5.26 Å². The lowest BCUT2D eigenvalue weighted by molar-refractivity contribution is 0.0222. The van der Waals surface area contributed by atoms with Crippen LogP contribution in [0.5, 0.6) is 5.75 Å². The summed E-state index contributed by atoms with van der Waals surface area (Å²) in [6, 6.07) is 9.12. The Kier molecular flexibility index (Phi) is 3.80. The Morgan fingerprint density at radius 1 is 1.38 bits per heavy atom. The SMILES string of the molecule is CCOCOc1ccccc1C#N.